The Kier molecular flexibility index (Phi) is 7.99. The van der Waals surface area contributed by atoms with E-state index in [1.165, 1.54) is 5.56 Å². The van der Waals surface area contributed by atoms with Crippen LogP contribution >= 0.6 is 0 Å². The fourth-order valence-electron chi connectivity index (χ4n) is 4.01. The van der Waals surface area contributed by atoms with Crippen LogP contribution in [-0.2, 0) is 16.6 Å². The molecule has 0 saturated carbocycles. The number of aliphatic hydroxyl groups excluding tert-OH is 1. The number of carbonyl (C=O) groups excluding carboxylic acids is 1. The summed E-state index contributed by atoms with van der Waals surface area (Å²) in [6.45, 7) is 5.32. The van der Waals surface area contributed by atoms with E-state index in [4.69, 9.17) is 4.74 Å². The molecule has 8 nitrogen and oxygen atoms in total. The molecule has 2 N–H and O–H groups in total. The van der Waals surface area contributed by atoms with Gasteiger partial charge >= 0.3 is 0 Å². The zero-order valence-electron chi connectivity index (χ0n) is 19.6. The van der Waals surface area contributed by atoms with Crippen LogP contribution in [0.2, 0.25) is 0 Å². The Morgan fingerprint density at radius 3 is 2.55 bits per heavy atom. The van der Waals surface area contributed by atoms with E-state index in [1.807, 2.05) is 32.2 Å². The number of carbonyl (C=O) groups is 1. The van der Waals surface area contributed by atoms with Crippen LogP contribution in [0.4, 0.5) is 5.69 Å². The fraction of sp³-hybridized carbons (Fsp3) is 0.458. The lowest BCUT2D eigenvalue weighted by Gasteiger charge is -2.38. The number of para-hydroxylation sites is 1. The average molecular weight is 476 g/mol. The van der Waals surface area contributed by atoms with E-state index in [2.05, 4.69) is 21.8 Å². The van der Waals surface area contributed by atoms with Crippen LogP contribution in [0.25, 0.3) is 0 Å². The first-order valence-corrected chi connectivity index (χ1v) is 12.9. The summed E-state index contributed by atoms with van der Waals surface area (Å²) in [6, 6.07) is 14.5. The number of amides is 1. The largest absolute Gasteiger partial charge is 0.486 e. The number of ether oxygens (including phenoxy) is 1. The zero-order chi connectivity index (χ0) is 24.2. The van der Waals surface area contributed by atoms with Gasteiger partial charge in [0.1, 0.15) is 6.10 Å². The van der Waals surface area contributed by atoms with Gasteiger partial charge in [-0.3, -0.25) is 14.4 Å². The molecule has 1 heterocycles. The lowest BCUT2D eigenvalue weighted by atomic mass is 9.99. The first-order valence-electron chi connectivity index (χ1n) is 11.0. The molecule has 0 saturated heterocycles. The number of aliphatic hydroxyl groups is 1. The van der Waals surface area contributed by atoms with Gasteiger partial charge < -0.3 is 14.7 Å². The smallest absolute Gasteiger partial charge is 0.258 e. The monoisotopic (exact) mass is 475 g/mol. The van der Waals surface area contributed by atoms with E-state index < -0.39 is 10.0 Å². The summed E-state index contributed by atoms with van der Waals surface area (Å²) >= 11 is 0. The summed E-state index contributed by atoms with van der Waals surface area (Å²) in [5.74, 6) is -0.153. The number of nitrogens with zero attached hydrogens (tertiary/aromatic N) is 2. The number of nitrogens with one attached hydrogen (secondary N) is 1. The van der Waals surface area contributed by atoms with Crippen LogP contribution in [0.1, 0.15) is 29.8 Å². The Bertz CT molecular complexity index is 1060. The Morgan fingerprint density at radius 2 is 1.91 bits per heavy atom. The Labute approximate surface area is 196 Å². The molecule has 0 bridgehead atoms. The molecule has 9 heteroatoms. The molecule has 1 aliphatic rings. The van der Waals surface area contributed by atoms with Crippen LogP contribution in [0.5, 0.6) is 5.75 Å². The van der Waals surface area contributed by atoms with Gasteiger partial charge in [0.15, 0.2) is 5.75 Å². The van der Waals surface area contributed by atoms with Gasteiger partial charge in [0, 0.05) is 25.6 Å². The minimum atomic E-state index is -3.58. The highest BCUT2D eigenvalue weighted by molar-refractivity contribution is 7.92. The minimum Gasteiger partial charge on any atom is -0.486 e. The molecule has 3 rings (SSSR count). The second kappa shape index (κ2) is 10.5. The summed E-state index contributed by atoms with van der Waals surface area (Å²) in [5, 5.41) is 9.76. The molecule has 0 aromatic heterocycles. The topological polar surface area (TPSA) is 99.2 Å². The third-order valence-electron chi connectivity index (χ3n) is 5.77. The molecule has 33 heavy (non-hydrogen) atoms. The van der Waals surface area contributed by atoms with Gasteiger partial charge in [-0.2, -0.15) is 0 Å². The van der Waals surface area contributed by atoms with E-state index >= 15 is 0 Å². The number of likely N-dealkylation sites (N-methyl/N-ethyl adjacent to an activating group) is 1. The highest BCUT2D eigenvalue weighted by Crippen LogP contribution is 2.35. The van der Waals surface area contributed by atoms with E-state index in [0.717, 1.165) is 12.8 Å². The highest BCUT2D eigenvalue weighted by Gasteiger charge is 2.34. The summed E-state index contributed by atoms with van der Waals surface area (Å²) in [6.07, 6.45) is 0.742. The molecule has 180 valence electrons. The number of anilines is 1. The molecule has 2 aromatic carbocycles. The van der Waals surface area contributed by atoms with Crippen LogP contribution in [-0.4, -0.2) is 74.4 Å². The molecular formula is C24H33N3O5S. The van der Waals surface area contributed by atoms with Gasteiger partial charge in [-0.25, -0.2) is 8.42 Å². The van der Waals surface area contributed by atoms with Gasteiger partial charge in [-0.15, -0.1) is 0 Å². The normalized spacial score (nSPS) is 19.9. The molecular weight excluding hydrogens is 442 g/mol. The Balaban J connectivity index is 1.98. The predicted molar refractivity (Wildman–Crippen MR) is 129 cm³/mol. The number of rotatable bonds is 8. The van der Waals surface area contributed by atoms with Crippen LogP contribution in [0.3, 0.4) is 0 Å². The molecule has 1 aliphatic heterocycles. The SMILES string of the molecule is C[C@H](CO)N1C[C@H](C)[C@H](CN(C)Cc2ccccc2)Oc2c(NS(C)(=O)=O)cccc2C1=O. The molecule has 0 spiro atoms. The lowest BCUT2D eigenvalue weighted by molar-refractivity contribution is 0.0344. The second-order valence-electron chi connectivity index (χ2n) is 8.86. The summed E-state index contributed by atoms with van der Waals surface area (Å²) in [7, 11) is -1.58. The maximum Gasteiger partial charge on any atom is 0.258 e. The first-order chi connectivity index (χ1) is 15.6. The van der Waals surface area contributed by atoms with E-state index in [-0.39, 0.29) is 47.6 Å². The Hall–Kier alpha value is -2.62. The standard InChI is InChI=1S/C24H33N3O5S/c1-17-13-27(18(2)16-28)24(29)20-11-8-12-21(25-33(4,30)31)23(20)32-22(17)15-26(3)14-19-9-6-5-7-10-19/h5-12,17-18,22,25,28H,13-16H2,1-4H3/t17-,18+,22-/m0/s1. The minimum absolute atomic E-state index is 0.0689. The van der Waals surface area contributed by atoms with Crippen molar-refractivity contribution in [2.75, 3.05) is 37.7 Å². The number of hydrogen-bond acceptors (Lipinski definition) is 6. The second-order valence-corrected chi connectivity index (χ2v) is 10.6. The van der Waals surface area contributed by atoms with Gasteiger partial charge in [0.05, 0.1) is 30.2 Å². The van der Waals surface area contributed by atoms with Crippen molar-refractivity contribution in [3.63, 3.8) is 0 Å². The molecule has 1 amide bonds. The average Bonchev–Trinajstić information content (AvgIpc) is 2.75. The molecule has 0 radical (unpaired) electrons. The molecule has 0 unspecified atom stereocenters. The van der Waals surface area contributed by atoms with Gasteiger partial charge in [-0.1, -0.05) is 43.3 Å². The van der Waals surface area contributed by atoms with Crippen LogP contribution in [0, 0.1) is 5.92 Å². The molecule has 2 aromatic rings. The zero-order valence-corrected chi connectivity index (χ0v) is 20.4. The van der Waals surface area contributed by atoms with Crippen molar-refractivity contribution in [2.45, 2.75) is 32.5 Å². The number of hydrogen-bond donors (Lipinski definition) is 2. The van der Waals surface area contributed by atoms with Gasteiger partial charge in [0.2, 0.25) is 10.0 Å². The number of fused-ring (bicyclic) bond motifs is 1. The maximum atomic E-state index is 13.4. The predicted octanol–water partition coefficient (Wildman–Crippen LogP) is 2.41. The maximum absolute atomic E-state index is 13.4. The van der Waals surface area contributed by atoms with Gasteiger partial charge in [0.25, 0.3) is 5.91 Å². The first kappa shape index (κ1) is 25.0. The van der Waals surface area contributed by atoms with Crippen molar-refractivity contribution >= 4 is 21.6 Å². The van der Waals surface area contributed by atoms with Crippen LogP contribution in [0.15, 0.2) is 48.5 Å². The fourth-order valence-corrected chi connectivity index (χ4v) is 4.57. The number of sulfonamides is 1. The third-order valence-corrected chi connectivity index (χ3v) is 6.36. The van der Waals surface area contributed by atoms with Gasteiger partial charge in [-0.05, 0) is 31.7 Å². The highest BCUT2D eigenvalue weighted by atomic mass is 32.2. The van der Waals surface area contributed by atoms with Crippen molar-refractivity contribution in [1.82, 2.24) is 9.80 Å². The van der Waals surface area contributed by atoms with E-state index in [0.29, 0.717) is 13.1 Å². The summed E-state index contributed by atoms with van der Waals surface area (Å²) in [4.78, 5) is 17.2. The quantitative estimate of drug-likeness (QED) is 0.608. The van der Waals surface area contributed by atoms with Crippen LogP contribution < -0.4 is 9.46 Å². The molecule has 0 fully saturated rings. The van der Waals surface area contributed by atoms with Crippen molar-refractivity contribution < 1.29 is 23.1 Å². The van der Waals surface area contributed by atoms with Crippen molar-refractivity contribution in [3.05, 3.63) is 59.7 Å². The summed E-state index contributed by atoms with van der Waals surface area (Å²) in [5.41, 5.74) is 1.67. The number of benzene rings is 2. The molecule has 3 atom stereocenters. The summed E-state index contributed by atoms with van der Waals surface area (Å²) < 4.78 is 32.8. The molecule has 0 aliphatic carbocycles. The van der Waals surface area contributed by atoms with E-state index in [1.54, 1.807) is 30.0 Å². The van der Waals surface area contributed by atoms with E-state index in [9.17, 15) is 18.3 Å². The third kappa shape index (κ3) is 6.46. The Morgan fingerprint density at radius 1 is 1.21 bits per heavy atom. The lowest BCUT2D eigenvalue weighted by Crippen LogP contribution is -2.49. The van der Waals surface area contributed by atoms with Crippen molar-refractivity contribution in [1.29, 1.82) is 0 Å². The van der Waals surface area contributed by atoms with Crippen molar-refractivity contribution in [2.24, 2.45) is 5.92 Å². The van der Waals surface area contributed by atoms with Crippen molar-refractivity contribution in [3.8, 4) is 5.75 Å².